The minimum absolute atomic E-state index is 0.0378. The molecule has 2 aromatic rings. The SMILES string of the molecule is Cc1c(C(=O)O)cc(Cc2ccccc2)cc1C(=O)O. The molecular weight excluding hydrogens is 256 g/mol. The highest BCUT2D eigenvalue weighted by atomic mass is 16.4. The van der Waals surface area contributed by atoms with Crippen LogP contribution in [0, 0.1) is 6.92 Å². The first-order valence-electron chi connectivity index (χ1n) is 6.13. The van der Waals surface area contributed by atoms with E-state index in [0.717, 1.165) is 5.56 Å². The third-order valence-electron chi connectivity index (χ3n) is 3.18. The zero-order valence-electron chi connectivity index (χ0n) is 11.0. The number of benzene rings is 2. The van der Waals surface area contributed by atoms with Crippen LogP contribution in [-0.2, 0) is 6.42 Å². The monoisotopic (exact) mass is 270 g/mol. The summed E-state index contributed by atoms with van der Waals surface area (Å²) in [6.45, 7) is 1.51. The molecule has 0 atom stereocenters. The smallest absolute Gasteiger partial charge is 0.335 e. The zero-order valence-corrected chi connectivity index (χ0v) is 11.0. The van der Waals surface area contributed by atoms with E-state index in [-0.39, 0.29) is 16.7 Å². The van der Waals surface area contributed by atoms with Gasteiger partial charge in [-0.2, -0.15) is 0 Å². The summed E-state index contributed by atoms with van der Waals surface area (Å²) < 4.78 is 0. The number of carboxylic acid groups (broad SMARTS) is 2. The predicted octanol–water partition coefficient (Wildman–Crippen LogP) is 2.98. The van der Waals surface area contributed by atoms with E-state index in [9.17, 15) is 9.59 Å². The molecule has 0 unspecified atom stereocenters. The predicted molar refractivity (Wildman–Crippen MR) is 74.3 cm³/mol. The molecule has 0 bridgehead atoms. The second kappa shape index (κ2) is 5.57. The van der Waals surface area contributed by atoms with Crippen molar-refractivity contribution in [3.8, 4) is 0 Å². The lowest BCUT2D eigenvalue weighted by molar-refractivity contribution is 0.0696. The molecule has 0 radical (unpaired) electrons. The molecule has 102 valence electrons. The molecule has 4 heteroatoms. The van der Waals surface area contributed by atoms with Gasteiger partial charge in [0.1, 0.15) is 0 Å². The van der Waals surface area contributed by atoms with Crippen molar-refractivity contribution in [3.05, 3.63) is 70.3 Å². The Morgan fingerprint density at radius 1 is 0.900 bits per heavy atom. The van der Waals surface area contributed by atoms with Crippen LogP contribution in [0.15, 0.2) is 42.5 Å². The van der Waals surface area contributed by atoms with Crippen molar-refractivity contribution in [3.63, 3.8) is 0 Å². The Morgan fingerprint density at radius 2 is 1.40 bits per heavy atom. The van der Waals surface area contributed by atoms with Gasteiger partial charge in [0, 0.05) is 0 Å². The van der Waals surface area contributed by atoms with Gasteiger partial charge in [0.25, 0.3) is 0 Å². The first-order chi connectivity index (χ1) is 9.49. The van der Waals surface area contributed by atoms with E-state index in [2.05, 4.69) is 0 Å². The Labute approximate surface area is 116 Å². The van der Waals surface area contributed by atoms with Gasteiger partial charge < -0.3 is 10.2 Å². The molecule has 4 nitrogen and oxygen atoms in total. The third-order valence-corrected chi connectivity index (χ3v) is 3.18. The van der Waals surface area contributed by atoms with Crippen molar-refractivity contribution in [1.29, 1.82) is 0 Å². The van der Waals surface area contributed by atoms with E-state index >= 15 is 0 Å². The minimum Gasteiger partial charge on any atom is -0.478 e. The van der Waals surface area contributed by atoms with Crippen LogP contribution in [-0.4, -0.2) is 22.2 Å². The van der Waals surface area contributed by atoms with Crippen molar-refractivity contribution in [2.24, 2.45) is 0 Å². The number of carbonyl (C=O) groups is 2. The second-order valence-corrected chi connectivity index (χ2v) is 4.59. The van der Waals surface area contributed by atoms with Crippen LogP contribution in [0.5, 0.6) is 0 Å². The molecule has 0 aromatic heterocycles. The van der Waals surface area contributed by atoms with Crippen LogP contribution < -0.4 is 0 Å². The third kappa shape index (κ3) is 2.85. The maximum atomic E-state index is 11.2. The number of rotatable bonds is 4. The van der Waals surface area contributed by atoms with Crippen LogP contribution in [0.1, 0.15) is 37.4 Å². The van der Waals surface area contributed by atoms with Gasteiger partial charge in [0.05, 0.1) is 11.1 Å². The lowest BCUT2D eigenvalue weighted by atomic mass is 9.95. The Morgan fingerprint density at radius 3 is 1.85 bits per heavy atom. The molecule has 0 amide bonds. The van der Waals surface area contributed by atoms with Gasteiger partial charge in [-0.3, -0.25) is 0 Å². The van der Waals surface area contributed by atoms with E-state index < -0.39 is 11.9 Å². The lowest BCUT2D eigenvalue weighted by Gasteiger charge is -2.09. The average molecular weight is 270 g/mol. The van der Waals surface area contributed by atoms with Crippen molar-refractivity contribution in [1.82, 2.24) is 0 Å². The summed E-state index contributed by atoms with van der Waals surface area (Å²) in [5, 5.41) is 18.3. The summed E-state index contributed by atoms with van der Waals surface area (Å²) in [6.07, 6.45) is 0.502. The molecule has 2 rings (SSSR count). The van der Waals surface area contributed by atoms with Gasteiger partial charge >= 0.3 is 11.9 Å². The van der Waals surface area contributed by atoms with Gasteiger partial charge in [0.2, 0.25) is 0 Å². The molecule has 0 aliphatic heterocycles. The molecule has 2 aromatic carbocycles. The second-order valence-electron chi connectivity index (χ2n) is 4.59. The van der Waals surface area contributed by atoms with Crippen LogP contribution in [0.3, 0.4) is 0 Å². The van der Waals surface area contributed by atoms with Gasteiger partial charge in [-0.25, -0.2) is 9.59 Å². The minimum atomic E-state index is -1.11. The summed E-state index contributed by atoms with van der Waals surface area (Å²) in [5.41, 5.74) is 2.04. The maximum absolute atomic E-state index is 11.2. The highest BCUT2D eigenvalue weighted by Gasteiger charge is 2.17. The molecule has 0 spiro atoms. The lowest BCUT2D eigenvalue weighted by Crippen LogP contribution is -2.09. The zero-order chi connectivity index (χ0) is 14.7. The summed E-state index contributed by atoms with van der Waals surface area (Å²) in [7, 11) is 0. The van der Waals surface area contributed by atoms with E-state index in [0.29, 0.717) is 12.0 Å². The summed E-state index contributed by atoms with van der Waals surface area (Å²) >= 11 is 0. The molecule has 0 saturated heterocycles. The first kappa shape index (κ1) is 13.8. The Bertz CT molecular complexity index is 624. The topological polar surface area (TPSA) is 74.6 Å². The number of aromatic carboxylic acids is 2. The molecule has 0 aliphatic rings. The van der Waals surface area contributed by atoms with E-state index in [1.807, 2.05) is 30.3 Å². The van der Waals surface area contributed by atoms with Gasteiger partial charge in [-0.05, 0) is 42.2 Å². The fourth-order valence-electron chi connectivity index (χ4n) is 2.15. The maximum Gasteiger partial charge on any atom is 0.335 e. The first-order valence-corrected chi connectivity index (χ1v) is 6.13. The quantitative estimate of drug-likeness (QED) is 0.895. The molecule has 0 saturated carbocycles. The number of carboxylic acids is 2. The van der Waals surface area contributed by atoms with Crippen molar-refractivity contribution in [2.75, 3.05) is 0 Å². The van der Waals surface area contributed by atoms with Gasteiger partial charge in [0.15, 0.2) is 0 Å². The van der Waals surface area contributed by atoms with E-state index in [1.54, 1.807) is 0 Å². The van der Waals surface area contributed by atoms with Crippen LogP contribution >= 0.6 is 0 Å². The summed E-state index contributed by atoms with van der Waals surface area (Å²) in [5.74, 6) is -2.22. The van der Waals surface area contributed by atoms with Crippen molar-refractivity contribution < 1.29 is 19.8 Å². The molecule has 2 N–H and O–H groups in total. The van der Waals surface area contributed by atoms with E-state index in [1.165, 1.54) is 19.1 Å². The number of hydrogen-bond donors (Lipinski definition) is 2. The normalized spacial score (nSPS) is 10.2. The number of hydrogen-bond acceptors (Lipinski definition) is 2. The summed E-state index contributed by atoms with van der Waals surface area (Å²) in [4.78, 5) is 22.4. The largest absolute Gasteiger partial charge is 0.478 e. The molecular formula is C16H14O4. The molecule has 0 aliphatic carbocycles. The highest BCUT2D eigenvalue weighted by molar-refractivity contribution is 5.96. The fourth-order valence-corrected chi connectivity index (χ4v) is 2.15. The summed E-state index contributed by atoms with van der Waals surface area (Å²) in [6, 6.07) is 12.6. The van der Waals surface area contributed by atoms with Crippen LogP contribution in [0.2, 0.25) is 0 Å². The van der Waals surface area contributed by atoms with Crippen LogP contribution in [0.25, 0.3) is 0 Å². The molecule has 0 heterocycles. The van der Waals surface area contributed by atoms with Gasteiger partial charge in [-0.1, -0.05) is 30.3 Å². The molecule has 20 heavy (non-hydrogen) atoms. The van der Waals surface area contributed by atoms with Gasteiger partial charge in [-0.15, -0.1) is 0 Å². The standard InChI is InChI=1S/C16H14O4/c1-10-13(15(17)18)8-12(9-14(10)16(19)20)7-11-5-3-2-4-6-11/h2-6,8-9H,7H2,1H3,(H,17,18)(H,19,20). The van der Waals surface area contributed by atoms with Crippen LogP contribution in [0.4, 0.5) is 0 Å². The van der Waals surface area contributed by atoms with E-state index in [4.69, 9.17) is 10.2 Å². The van der Waals surface area contributed by atoms with Crippen molar-refractivity contribution >= 4 is 11.9 Å². The highest BCUT2D eigenvalue weighted by Crippen LogP contribution is 2.20. The molecule has 0 fully saturated rings. The average Bonchev–Trinajstić information content (AvgIpc) is 2.41. The van der Waals surface area contributed by atoms with Crippen molar-refractivity contribution in [2.45, 2.75) is 13.3 Å². The Balaban J connectivity index is 2.49. The Hall–Kier alpha value is -2.62. The fraction of sp³-hybridized carbons (Fsp3) is 0.125. The Kier molecular flexibility index (Phi) is 3.84.